The highest BCUT2D eigenvalue weighted by molar-refractivity contribution is 6.76. The lowest BCUT2D eigenvalue weighted by Gasteiger charge is -2.35. The number of carbonyl (C=O) groups excluding carboxylic acids is 1. The van der Waals surface area contributed by atoms with Gasteiger partial charge in [-0.25, -0.2) is 0 Å². The lowest BCUT2D eigenvalue weighted by molar-refractivity contribution is -0.139. The van der Waals surface area contributed by atoms with E-state index in [0.29, 0.717) is 20.8 Å². The molecular weight excluding hydrogens is 272 g/mol. The summed E-state index contributed by atoms with van der Waals surface area (Å²) >= 11 is 0. The van der Waals surface area contributed by atoms with Gasteiger partial charge in [-0.05, 0) is 37.5 Å². The van der Waals surface area contributed by atoms with Gasteiger partial charge in [0.25, 0.3) is 14.3 Å². The Morgan fingerprint density at radius 2 is 1.53 bits per heavy atom. The Hall–Kier alpha value is -0.136. The van der Waals surface area contributed by atoms with Crippen LogP contribution in [-0.2, 0) is 13.6 Å². The molecule has 0 aliphatic carbocycles. The van der Waals surface area contributed by atoms with Crippen molar-refractivity contribution in [3.8, 4) is 0 Å². The van der Waals surface area contributed by atoms with Gasteiger partial charge in [-0.1, -0.05) is 34.6 Å². The van der Waals surface area contributed by atoms with Crippen molar-refractivity contribution in [2.75, 3.05) is 0 Å². The molecule has 1 unspecified atom stereocenters. The fourth-order valence-corrected chi connectivity index (χ4v) is 4.93. The first kappa shape index (κ1) is 18.9. The molecule has 0 aromatic heterocycles. The third kappa shape index (κ3) is 6.23. The van der Waals surface area contributed by atoms with E-state index >= 15 is 0 Å². The molecule has 0 bridgehead atoms. The first-order chi connectivity index (χ1) is 8.61. The summed E-state index contributed by atoms with van der Waals surface area (Å²) in [5, 5.41) is 0. The van der Waals surface area contributed by atoms with Crippen molar-refractivity contribution in [2.24, 2.45) is 5.92 Å². The highest BCUT2D eigenvalue weighted by Crippen LogP contribution is 2.34. The molecule has 0 fully saturated rings. The number of carbonyl (C=O) groups is 1. The predicted molar refractivity (Wildman–Crippen MR) is 83.9 cm³/mol. The second kappa shape index (κ2) is 8.22. The minimum Gasteiger partial charge on any atom is -0.519 e. The van der Waals surface area contributed by atoms with E-state index in [-0.39, 0.29) is 18.0 Å². The fourth-order valence-electron chi connectivity index (χ4n) is 1.64. The predicted octanol–water partition coefficient (Wildman–Crippen LogP) is 4.02. The van der Waals surface area contributed by atoms with Crippen molar-refractivity contribution >= 4 is 24.0 Å². The summed E-state index contributed by atoms with van der Waals surface area (Å²) in [5.41, 5.74) is 0.885. The highest BCUT2D eigenvalue weighted by Gasteiger charge is 2.41. The van der Waals surface area contributed by atoms with Crippen LogP contribution in [0.2, 0.25) is 23.7 Å². The van der Waals surface area contributed by atoms with Gasteiger partial charge in [0.15, 0.2) is 0 Å². The standard InChI is InChI=1S/C14H30O3Si2/c1-10(2)16-18-9-13(7)14(15)17-19(8,11(3)4)12(5)6/h10-13H,9H2,1-8H3. The maximum Gasteiger partial charge on any atom is 0.295 e. The van der Waals surface area contributed by atoms with Crippen LogP contribution in [0.4, 0.5) is 0 Å². The molecular formula is C14H30O3Si2. The number of rotatable bonds is 8. The zero-order valence-corrected chi connectivity index (χ0v) is 15.7. The van der Waals surface area contributed by atoms with E-state index < -0.39 is 8.32 Å². The van der Waals surface area contributed by atoms with Crippen LogP contribution in [0.1, 0.15) is 48.5 Å². The maximum absolute atomic E-state index is 12.2. The summed E-state index contributed by atoms with van der Waals surface area (Å²) in [4.78, 5) is 12.2. The Bertz CT molecular complexity index is 270. The minimum absolute atomic E-state index is 0.0450. The molecule has 0 rings (SSSR count). The molecule has 0 aliphatic rings. The zero-order chi connectivity index (χ0) is 15.2. The fraction of sp³-hybridized carbons (Fsp3) is 0.929. The van der Waals surface area contributed by atoms with Crippen LogP contribution in [0.25, 0.3) is 0 Å². The van der Waals surface area contributed by atoms with E-state index in [2.05, 4.69) is 34.2 Å². The summed E-state index contributed by atoms with van der Waals surface area (Å²) in [6, 6.07) is 0.762. The first-order valence-electron chi connectivity index (χ1n) is 7.22. The third-order valence-corrected chi connectivity index (χ3v) is 10.4. The average molecular weight is 303 g/mol. The Labute approximate surface area is 122 Å². The number of hydrogen-bond acceptors (Lipinski definition) is 3. The van der Waals surface area contributed by atoms with Crippen LogP contribution in [0.3, 0.4) is 0 Å². The lowest BCUT2D eigenvalue weighted by atomic mass is 10.2. The summed E-state index contributed by atoms with van der Waals surface area (Å²) in [6.45, 7) is 16.8. The minimum atomic E-state index is -1.98. The summed E-state index contributed by atoms with van der Waals surface area (Å²) in [5.74, 6) is -0.113. The molecule has 0 spiro atoms. The quantitative estimate of drug-likeness (QED) is 0.635. The topological polar surface area (TPSA) is 35.5 Å². The van der Waals surface area contributed by atoms with Crippen LogP contribution < -0.4 is 0 Å². The second-order valence-corrected chi connectivity index (χ2v) is 12.1. The van der Waals surface area contributed by atoms with Crippen molar-refractivity contribution < 1.29 is 13.6 Å². The van der Waals surface area contributed by atoms with Gasteiger partial charge in [-0.3, -0.25) is 4.79 Å². The third-order valence-electron chi connectivity index (χ3n) is 3.72. The lowest BCUT2D eigenvalue weighted by Crippen LogP contribution is -2.44. The molecule has 1 atom stereocenters. The van der Waals surface area contributed by atoms with Gasteiger partial charge in [-0.2, -0.15) is 0 Å². The summed E-state index contributed by atoms with van der Waals surface area (Å²) in [6.07, 6.45) is 0.229. The van der Waals surface area contributed by atoms with Crippen LogP contribution in [0, 0.1) is 5.92 Å². The van der Waals surface area contributed by atoms with Gasteiger partial charge in [0.05, 0.1) is 5.92 Å². The summed E-state index contributed by atoms with van der Waals surface area (Å²) < 4.78 is 11.4. The van der Waals surface area contributed by atoms with Crippen molar-refractivity contribution in [1.82, 2.24) is 0 Å². The monoisotopic (exact) mass is 302 g/mol. The average Bonchev–Trinajstić information content (AvgIpc) is 2.27. The molecule has 0 saturated heterocycles. The van der Waals surface area contributed by atoms with E-state index in [1.54, 1.807) is 0 Å². The van der Waals surface area contributed by atoms with Crippen LogP contribution in [-0.4, -0.2) is 30.2 Å². The molecule has 112 valence electrons. The molecule has 0 aromatic rings. The Morgan fingerprint density at radius 1 is 1.05 bits per heavy atom. The SMILES string of the molecule is CC(C)O[Si]CC(C)C(=O)O[Si](C)(C(C)C)C(C)C. The van der Waals surface area contributed by atoms with Gasteiger partial charge in [0, 0.05) is 6.10 Å². The molecule has 0 saturated carbocycles. The second-order valence-electron chi connectivity index (χ2n) is 6.33. The molecule has 0 N–H and O–H groups in total. The Balaban J connectivity index is 4.41. The molecule has 2 radical (unpaired) electrons. The molecule has 0 aliphatic heterocycles. The van der Waals surface area contributed by atoms with Gasteiger partial charge in [0.2, 0.25) is 9.76 Å². The largest absolute Gasteiger partial charge is 0.519 e. The van der Waals surface area contributed by atoms with Crippen LogP contribution in [0.15, 0.2) is 0 Å². The first-order valence-corrected chi connectivity index (χ1v) is 10.9. The van der Waals surface area contributed by atoms with Crippen LogP contribution >= 0.6 is 0 Å². The van der Waals surface area contributed by atoms with E-state index in [0.717, 1.165) is 6.04 Å². The van der Waals surface area contributed by atoms with E-state index in [1.165, 1.54) is 0 Å². The molecule has 5 heteroatoms. The van der Waals surface area contributed by atoms with Crippen molar-refractivity contribution in [3.05, 3.63) is 0 Å². The van der Waals surface area contributed by atoms with Gasteiger partial charge in [0.1, 0.15) is 0 Å². The van der Waals surface area contributed by atoms with Crippen molar-refractivity contribution in [3.63, 3.8) is 0 Å². The zero-order valence-electron chi connectivity index (χ0n) is 13.7. The molecule has 0 heterocycles. The van der Waals surface area contributed by atoms with Crippen LogP contribution in [0.5, 0.6) is 0 Å². The summed E-state index contributed by atoms with van der Waals surface area (Å²) in [7, 11) is -1.60. The molecule has 0 aromatic carbocycles. The van der Waals surface area contributed by atoms with Gasteiger partial charge < -0.3 is 8.85 Å². The van der Waals surface area contributed by atoms with E-state index in [4.69, 9.17) is 8.85 Å². The van der Waals surface area contributed by atoms with Gasteiger partial charge in [-0.15, -0.1) is 0 Å². The number of hydrogen-bond donors (Lipinski definition) is 0. The maximum atomic E-state index is 12.2. The smallest absolute Gasteiger partial charge is 0.295 e. The molecule has 19 heavy (non-hydrogen) atoms. The highest BCUT2D eigenvalue weighted by atomic mass is 28.4. The van der Waals surface area contributed by atoms with E-state index in [1.807, 2.05) is 20.8 Å². The van der Waals surface area contributed by atoms with Crippen molar-refractivity contribution in [1.29, 1.82) is 0 Å². The van der Waals surface area contributed by atoms with Gasteiger partial charge >= 0.3 is 0 Å². The molecule has 3 nitrogen and oxygen atoms in total. The molecule has 0 amide bonds. The Morgan fingerprint density at radius 3 is 1.89 bits per heavy atom. The van der Waals surface area contributed by atoms with E-state index in [9.17, 15) is 4.79 Å². The van der Waals surface area contributed by atoms with Crippen molar-refractivity contribution in [2.45, 2.75) is 78.2 Å². The Kier molecular flexibility index (Phi) is 8.16. The normalized spacial score (nSPS) is 14.3.